The lowest BCUT2D eigenvalue weighted by molar-refractivity contribution is 0.484. The average molecular weight is 301 g/mol. The van der Waals surface area contributed by atoms with Crippen LogP contribution in [0.1, 0.15) is 29.6 Å². The number of rotatable bonds is 5. The van der Waals surface area contributed by atoms with Crippen molar-refractivity contribution in [3.8, 4) is 0 Å². The summed E-state index contributed by atoms with van der Waals surface area (Å²) in [5.41, 5.74) is 0. The molecule has 0 aliphatic rings. The van der Waals surface area contributed by atoms with Gasteiger partial charge in [0.15, 0.2) is 0 Å². The van der Waals surface area contributed by atoms with E-state index < -0.39 is 0 Å². The van der Waals surface area contributed by atoms with E-state index in [0.29, 0.717) is 12.1 Å². The fraction of sp³-hybridized carbons (Fsp3) is 0.294. The molecule has 0 fully saturated rings. The van der Waals surface area contributed by atoms with Crippen molar-refractivity contribution < 1.29 is 0 Å². The Morgan fingerprint density at radius 1 is 1.10 bits per heavy atom. The topological polar surface area (TPSA) is 12.0 Å². The van der Waals surface area contributed by atoms with Crippen molar-refractivity contribution in [1.29, 1.82) is 0 Å². The molecule has 104 valence electrons. The van der Waals surface area contributed by atoms with E-state index in [2.05, 4.69) is 67.0 Å². The zero-order valence-corrected chi connectivity index (χ0v) is 13.4. The predicted octanol–water partition coefficient (Wildman–Crippen LogP) is 5.24. The maximum absolute atomic E-state index is 3.71. The molecule has 0 aliphatic carbocycles. The van der Waals surface area contributed by atoms with Crippen molar-refractivity contribution in [3.05, 3.63) is 57.6 Å². The van der Waals surface area contributed by atoms with Crippen molar-refractivity contribution in [2.75, 3.05) is 0 Å². The van der Waals surface area contributed by atoms with Crippen LogP contribution in [0.25, 0.3) is 10.1 Å². The Morgan fingerprint density at radius 3 is 2.70 bits per heavy atom. The molecule has 2 aromatic heterocycles. The monoisotopic (exact) mass is 301 g/mol. The lowest BCUT2D eigenvalue weighted by Crippen LogP contribution is -2.30. The van der Waals surface area contributed by atoms with E-state index in [1.54, 1.807) is 0 Å². The van der Waals surface area contributed by atoms with Crippen molar-refractivity contribution in [1.82, 2.24) is 5.32 Å². The third-order valence-electron chi connectivity index (χ3n) is 3.49. The summed E-state index contributed by atoms with van der Waals surface area (Å²) in [6, 6.07) is 16.2. The van der Waals surface area contributed by atoms with Gasteiger partial charge in [-0.25, -0.2) is 0 Å². The number of hydrogen-bond donors (Lipinski definition) is 1. The molecule has 1 N–H and O–H groups in total. The second-order valence-corrected chi connectivity index (χ2v) is 7.41. The van der Waals surface area contributed by atoms with E-state index in [1.807, 2.05) is 22.7 Å². The highest BCUT2D eigenvalue weighted by Crippen LogP contribution is 2.30. The highest BCUT2D eigenvalue weighted by atomic mass is 32.1. The SMILES string of the molecule is CC(Cc1cccs1)NC(C)c1cc2ccccc2s1. The first-order chi connectivity index (χ1) is 9.72. The van der Waals surface area contributed by atoms with Crippen LogP contribution in [0.3, 0.4) is 0 Å². The normalized spacial score (nSPS) is 14.5. The molecule has 0 amide bonds. The minimum atomic E-state index is 0.405. The first-order valence-electron chi connectivity index (χ1n) is 6.99. The zero-order valence-electron chi connectivity index (χ0n) is 11.8. The molecule has 20 heavy (non-hydrogen) atoms. The van der Waals surface area contributed by atoms with Crippen LogP contribution in [0.5, 0.6) is 0 Å². The Bertz CT molecular complexity index is 636. The van der Waals surface area contributed by atoms with Gasteiger partial charge in [0.05, 0.1) is 0 Å². The number of benzene rings is 1. The first kappa shape index (κ1) is 13.8. The Balaban J connectivity index is 1.67. The predicted molar refractivity (Wildman–Crippen MR) is 90.9 cm³/mol. The van der Waals surface area contributed by atoms with E-state index in [0.717, 1.165) is 6.42 Å². The molecule has 2 atom stereocenters. The molecule has 2 heterocycles. The summed E-state index contributed by atoms with van der Waals surface area (Å²) in [5, 5.41) is 7.22. The summed E-state index contributed by atoms with van der Waals surface area (Å²) in [6.45, 7) is 4.53. The first-order valence-corrected chi connectivity index (χ1v) is 8.69. The largest absolute Gasteiger partial charge is 0.307 e. The molecule has 1 aromatic carbocycles. The van der Waals surface area contributed by atoms with Crippen molar-refractivity contribution in [3.63, 3.8) is 0 Å². The molecule has 0 saturated carbocycles. The van der Waals surface area contributed by atoms with Gasteiger partial charge in [-0.05, 0) is 49.2 Å². The maximum atomic E-state index is 3.71. The number of fused-ring (bicyclic) bond motifs is 1. The molecule has 0 radical (unpaired) electrons. The van der Waals surface area contributed by atoms with Gasteiger partial charge in [0.2, 0.25) is 0 Å². The maximum Gasteiger partial charge on any atom is 0.0388 e. The third-order valence-corrected chi connectivity index (χ3v) is 5.69. The molecular weight excluding hydrogens is 282 g/mol. The second kappa shape index (κ2) is 6.08. The van der Waals surface area contributed by atoms with E-state index in [9.17, 15) is 0 Å². The number of hydrogen-bond acceptors (Lipinski definition) is 3. The standard InChI is InChI=1S/C17H19NS2/c1-12(10-15-7-5-9-19-15)18-13(2)17-11-14-6-3-4-8-16(14)20-17/h3-9,11-13,18H,10H2,1-2H3. The van der Waals surface area contributed by atoms with E-state index in [-0.39, 0.29) is 0 Å². The summed E-state index contributed by atoms with van der Waals surface area (Å²) in [4.78, 5) is 2.87. The van der Waals surface area contributed by atoms with Crippen molar-refractivity contribution in [2.24, 2.45) is 0 Å². The molecule has 1 nitrogen and oxygen atoms in total. The van der Waals surface area contributed by atoms with Crippen LogP contribution in [0.15, 0.2) is 47.8 Å². The van der Waals surface area contributed by atoms with Gasteiger partial charge in [-0.15, -0.1) is 22.7 Å². The minimum absolute atomic E-state index is 0.405. The van der Waals surface area contributed by atoms with Gasteiger partial charge in [-0.3, -0.25) is 0 Å². The van der Waals surface area contributed by atoms with Crippen molar-refractivity contribution >= 4 is 32.8 Å². The summed E-state index contributed by atoms with van der Waals surface area (Å²) in [7, 11) is 0. The fourth-order valence-corrected chi connectivity index (χ4v) is 4.43. The number of nitrogens with one attached hydrogen (secondary N) is 1. The van der Waals surface area contributed by atoms with Crippen LogP contribution in [-0.2, 0) is 6.42 Å². The average Bonchev–Trinajstić information content (AvgIpc) is 3.06. The molecule has 0 bridgehead atoms. The van der Waals surface area contributed by atoms with Gasteiger partial charge in [0.1, 0.15) is 0 Å². The summed E-state index contributed by atoms with van der Waals surface area (Å²) >= 11 is 3.74. The third kappa shape index (κ3) is 3.11. The van der Waals surface area contributed by atoms with Crippen LogP contribution >= 0.6 is 22.7 Å². The Labute approximate surface area is 128 Å². The highest BCUT2D eigenvalue weighted by molar-refractivity contribution is 7.19. The molecular formula is C17H19NS2. The zero-order chi connectivity index (χ0) is 13.9. The van der Waals surface area contributed by atoms with Gasteiger partial charge in [0, 0.05) is 26.5 Å². The minimum Gasteiger partial charge on any atom is -0.307 e. The summed E-state index contributed by atoms with van der Waals surface area (Å²) in [5.74, 6) is 0. The molecule has 0 aliphatic heterocycles. The fourth-order valence-electron chi connectivity index (χ4n) is 2.51. The summed E-state index contributed by atoms with van der Waals surface area (Å²) in [6.07, 6.45) is 1.10. The molecule has 3 heteroatoms. The van der Waals surface area contributed by atoms with Crippen LogP contribution in [0.4, 0.5) is 0 Å². The van der Waals surface area contributed by atoms with Crippen LogP contribution in [0, 0.1) is 0 Å². The lowest BCUT2D eigenvalue weighted by Gasteiger charge is -2.18. The quantitative estimate of drug-likeness (QED) is 0.679. The molecule has 3 aromatic rings. The molecule has 3 rings (SSSR count). The van der Waals surface area contributed by atoms with Crippen LogP contribution in [0.2, 0.25) is 0 Å². The van der Waals surface area contributed by atoms with Gasteiger partial charge >= 0.3 is 0 Å². The highest BCUT2D eigenvalue weighted by Gasteiger charge is 2.13. The Morgan fingerprint density at radius 2 is 1.95 bits per heavy atom. The van der Waals surface area contributed by atoms with Gasteiger partial charge in [0.25, 0.3) is 0 Å². The molecule has 0 saturated heterocycles. The van der Waals surface area contributed by atoms with Crippen molar-refractivity contribution in [2.45, 2.75) is 32.4 Å². The molecule has 2 unspecified atom stereocenters. The van der Waals surface area contributed by atoms with E-state index in [4.69, 9.17) is 0 Å². The Kier molecular flexibility index (Phi) is 4.20. The van der Waals surface area contributed by atoms with E-state index >= 15 is 0 Å². The second-order valence-electron chi connectivity index (χ2n) is 5.26. The summed E-state index contributed by atoms with van der Waals surface area (Å²) < 4.78 is 1.38. The van der Waals surface area contributed by atoms with E-state index in [1.165, 1.54) is 19.8 Å². The van der Waals surface area contributed by atoms with Crippen LogP contribution in [-0.4, -0.2) is 6.04 Å². The van der Waals surface area contributed by atoms with Gasteiger partial charge < -0.3 is 5.32 Å². The van der Waals surface area contributed by atoms with Gasteiger partial charge in [-0.1, -0.05) is 24.3 Å². The molecule has 0 spiro atoms. The number of thiophene rings is 2. The van der Waals surface area contributed by atoms with Gasteiger partial charge in [-0.2, -0.15) is 0 Å². The van der Waals surface area contributed by atoms with Crippen LogP contribution < -0.4 is 5.32 Å². The lowest BCUT2D eigenvalue weighted by atomic mass is 10.1. The Hall–Kier alpha value is -1.16. The smallest absolute Gasteiger partial charge is 0.0388 e.